The van der Waals surface area contributed by atoms with Crippen molar-refractivity contribution >= 4 is 21.6 Å². The minimum atomic E-state index is -3.85. The second-order valence-electron chi connectivity index (χ2n) is 6.88. The van der Waals surface area contributed by atoms with E-state index in [9.17, 15) is 17.6 Å². The largest absolute Gasteiger partial charge is 0.497 e. The smallest absolute Gasteiger partial charge is 0.243 e. The molecule has 3 aromatic rings. The van der Waals surface area contributed by atoms with Crippen LogP contribution in [0.1, 0.15) is 18.0 Å². The van der Waals surface area contributed by atoms with Gasteiger partial charge in [-0.2, -0.15) is 4.31 Å². The summed E-state index contributed by atoms with van der Waals surface area (Å²) in [5.74, 6) is -0.197. The summed E-state index contributed by atoms with van der Waals surface area (Å²) in [5, 5.41) is 2.69. The summed E-state index contributed by atoms with van der Waals surface area (Å²) in [6.07, 6.45) is -0.133. The Balaban J connectivity index is 1.90. The van der Waals surface area contributed by atoms with Gasteiger partial charge in [0, 0.05) is 19.2 Å². The molecular formula is C23H23FN2O4S. The van der Waals surface area contributed by atoms with Gasteiger partial charge >= 0.3 is 0 Å². The number of hydrogen-bond donors (Lipinski definition) is 1. The number of benzene rings is 3. The fourth-order valence-corrected chi connectivity index (χ4v) is 4.49. The monoisotopic (exact) mass is 442 g/mol. The molecular weight excluding hydrogens is 419 g/mol. The summed E-state index contributed by atoms with van der Waals surface area (Å²) in [4.78, 5) is 12.9. The van der Waals surface area contributed by atoms with Gasteiger partial charge in [-0.25, -0.2) is 12.8 Å². The lowest BCUT2D eigenvalue weighted by atomic mass is 10.0. The zero-order chi connectivity index (χ0) is 22.4. The maximum Gasteiger partial charge on any atom is 0.243 e. The van der Waals surface area contributed by atoms with E-state index in [2.05, 4.69) is 5.32 Å². The van der Waals surface area contributed by atoms with Crippen LogP contribution < -0.4 is 10.1 Å². The molecule has 0 aliphatic rings. The van der Waals surface area contributed by atoms with Crippen molar-refractivity contribution in [2.24, 2.45) is 0 Å². The molecule has 3 aromatic carbocycles. The van der Waals surface area contributed by atoms with E-state index in [1.165, 1.54) is 54.9 Å². The van der Waals surface area contributed by atoms with Crippen molar-refractivity contribution in [3.05, 3.63) is 90.2 Å². The van der Waals surface area contributed by atoms with Crippen molar-refractivity contribution in [2.45, 2.75) is 17.4 Å². The van der Waals surface area contributed by atoms with E-state index in [1.54, 1.807) is 42.5 Å². The summed E-state index contributed by atoms with van der Waals surface area (Å²) in [5.41, 5.74) is 1.06. The van der Waals surface area contributed by atoms with Gasteiger partial charge in [0.05, 0.1) is 18.0 Å². The molecule has 6 nitrogen and oxygen atoms in total. The molecule has 0 aliphatic heterocycles. The number of amides is 1. The molecule has 3 rings (SSSR count). The number of methoxy groups -OCH3 is 1. The fourth-order valence-electron chi connectivity index (χ4n) is 3.13. The minimum Gasteiger partial charge on any atom is -0.497 e. The Morgan fingerprint density at radius 2 is 1.61 bits per heavy atom. The lowest BCUT2D eigenvalue weighted by molar-refractivity contribution is -0.117. The highest BCUT2D eigenvalue weighted by molar-refractivity contribution is 7.89. The zero-order valence-electron chi connectivity index (χ0n) is 17.2. The van der Waals surface area contributed by atoms with Gasteiger partial charge < -0.3 is 10.1 Å². The molecule has 1 atom stereocenters. The molecule has 0 spiro atoms. The van der Waals surface area contributed by atoms with E-state index in [0.29, 0.717) is 17.0 Å². The highest BCUT2D eigenvalue weighted by atomic mass is 32.2. The normalized spacial score (nSPS) is 12.4. The molecule has 0 unspecified atom stereocenters. The van der Waals surface area contributed by atoms with Crippen LogP contribution in [0.5, 0.6) is 5.75 Å². The maximum atomic E-state index is 13.2. The van der Waals surface area contributed by atoms with Crippen LogP contribution in [0.3, 0.4) is 0 Å². The summed E-state index contributed by atoms with van der Waals surface area (Å²) >= 11 is 0. The minimum absolute atomic E-state index is 0.133. The van der Waals surface area contributed by atoms with Crippen LogP contribution in [0.15, 0.2) is 83.8 Å². The van der Waals surface area contributed by atoms with Crippen molar-refractivity contribution in [3.8, 4) is 5.75 Å². The second-order valence-corrected chi connectivity index (χ2v) is 8.88. The number of sulfonamides is 1. The molecule has 0 saturated heterocycles. The Bertz CT molecular complexity index is 1120. The Morgan fingerprint density at radius 3 is 2.19 bits per heavy atom. The van der Waals surface area contributed by atoms with Crippen molar-refractivity contribution in [2.75, 3.05) is 19.5 Å². The van der Waals surface area contributed by atoms with E-state index >= 15 is 0 Å². The SMILES string of the molecule is COc1ccc([C@@H](CC(=O)Nc2ccc(F)cc2)N(C)S(=O)(=O)c2ccccc2)cc1. The molecule has 162 valence electrons. The third-order valence-electron chi connectivity index (χ3n) is 4.87. The first-order valence-electron chi connectivity index (χ1n) is 9.53. The summed E-state index contributed by atoms with van der Waals surface area (Å²) in [7, 11) is -0.870. The van der Waals surface area contributed by atoms with Crippen molar-refractivity contribution in [3.63, 3.8) is 0 Å². The maximum absolute atomic E-state index is 13.2. The van der Waals surface area contributed by atoms with Gasteiger partial charge in [-0.15, -0.1) is 0 Å². The molecule has 0 aliphatic carbocycles. The zero-order valence-corrected chi connectivity index (χ0v) is 18.0. The Labute approximate surface area is 181 Å². The molecule has 0 heterocycles. The standard InChI is InChI=1S/C23H23FN2O4S/c1-26(31(28,29)21-6-4-3-5-7-21)22(17-8-14-20(30-2)15-9-17)16-23(27)25-19-12-10-18(24)11-13-19/h3-15,22H,16H2,1-2H3,(H,25,27)/t22-/m1/s1. The number of halogens is 1. The van der Waals surface area contributed by atoms with Crippen LogP contribution in [0, 0.1) is 5.82 Å². The summed E-state index contributed by atoms with van der Waals surface area (Å²) in [6, 6.07) is 19.5. The number of rotatable bonds is 8. The number of carbonyl (C=O) groups excluding carboxylic acids is 1. The van der Waals surface area contributed by atoms with E-state index < -0.39 is 27.8 Å². The first-order valence-corrected chi connectivity index (χ1v) is 11.0. The molecule has 0 radical (unpaired) electrons. The second kappa shape index (κ2) is 9.72. The van der Waals surface area contributed by atoms with Crippen LogP contribution in [-0.2, 0) is 14.8 Å². The molecule has 1 amide bonds. The lowest BCUT2D eigenvalue weighted by Gasteiger charge is -2.28. The highest BCUT2D eigenvalue weighted by Crippen LogP contribution is 2.30. The van der Waals surface area contributed by atoms with Crippen LogP contribution in [-0.4, -0.2) is 32.8 Å². The van der Waals surface area contributed by atoms with E-state index in [-0.39, 0.29) is 11.3 Å². The van der Waals surface area contributed by atoms with Gasteiger partial charge in [-0.05, 0) is 54.1 Å². The number of nitrogens with one attached hydrogen (secondary N) is 1. The van der Waals surface area contributed by atoms with E-state index in [1.807, 2.05) is 0 Å². The molecule has 0 saturated carbocycles. The Hall–Kier alpha value is -3.23. The van der Waals surface area contributed by atoms with Gasteiger partial charge in [0.2, 0.25) is 15.9 Å². The number of hydrogen-bond acceptors (Lipinski definition) is 4. The van der Waals surface area contributed by atoms with Gasteiger partial charge in [-0.3, -0.25) is 4.79 Å². The molecule has 8 heteroatoms. The fraction of sp³-hybridized carbons (Fsp3) is 0.174. The van der Waals surface area contributed by atoms with Crippen LogP contribution in [0.2, 0.25) is 0 Å². The Morgan fingerprint density at radius 1 is 1.00 bits per heavy atom. The van der Waals surface area contributed by atoms with Crippen LogP contribution in [0.25, 0.3) is 0 Å². The molecule has 0 bridgehead atoms. The molecule has 31 heavy (non-hydrogen) atoms. The van der Waals surface area contributed by atoms with Crippen LogP contribution in [0.4, 0.5) is 10.1 Å². The number of ether oxygens (including phenoxy) is 1. The lowest BCUT2D eigenvalue weighted by Crippen LogP contribution is -2.33. The van der Waals surface area contributed by atoms with Gasteiger partial charge in [0.25, 0.3) is 0 Å². The van der Waals surface area contributed by atoms with Crippen LogP contribution >= 0.6 is 0 Å². The highest BCUT2D eigenvalue weighted by Gasteiger charge is 2.31. The number of carbonyl (C=O) groups is 1. The third-order valence-corrected chi connectivity index (χ3v) is 6.75. The Kier molecular flexibility index (Phi) is 7.04. The molecule has 1 N–H and O–H groups in total. The topological polar surface area (TPSA) is 75.7 Å². The molecule has 0 aromatic heterocycles. The molecule has 0 fully saturated rings. The van der Waals surface area contributed by atoms with E-state index in [4.69, 9.17) is 4.74 Å². The first kappa shape index (κ1) is 22.5. The van der Waals surface area contributed by atoms with Gasteiger partial charge in [-0.1, -0.05) is 30.3 Å². The third kappa shape index (κ3) is 5.48. The number of anilines is 1. The average molecular weight is 443 g/mol. The number of nitrogens with zero attached hydrogens (tertiary/aromatic N) is 1. The van der Waals surface area contributed by atoms with Crippen molar-refractivity contribution in [1.82, 2.24) is 4.31 Å². The first-order chi connectivity index (χ1) is 14.8. The van der Waals surface area contributed by atoms with E-state index in [0.717, 1.165) is 0 Å². The quantitative estimate of drug-likeness (QED) is 0.567. The summed E-state index contributed by atoms with van der Waals surface area (Å²) in [6.45, 7) is 0. The van der Waals surface area contributed by atoms with Crippen molar-refractivity contribution < 1.29 is 22.3 Å². The van der Waals surface area contributed by atoms with Gasteiger partial charge in [0.1, 0.15) is 11.6 Å². The summed E-state index contributed by atoms with van der Waals surface area (Å²) < 4.78 is 45.8. The predicted molar refractivity (Wildman–Crippen MR) is 117 cm³/mol. The average Bonchev–Trinajstić information content (AvgIpc) is 2.79. The predicted octanol–water partition coefficient (Wildman–Crippen LogP) is 4.22. The van der Waals surface area contributed by atoms with Crippen molar-refractivity contribution in [1.29, 1.82) is 0 Å². The van der Waals surface area contributed by atoms with Gasteiger partial charge in [0.15, 0.2) is 0 Å².